The summed E-state index contributed by atoms with van der Waals surface area (Å²) in [5.41, 5.74) is 5.03. The molecule has 3 rings (SSSR count). The number of hydrogen-bond acceptors (Lipinski definition) is 5. The minimum absolute atomic E-state index is 0.000343. The lowest BCUT2D eigenvalue weighted by Gasteiger charge is -2.28. The summed E-state index contributed by atoms with van der Waals surface area (Å²) >= 11 is 0. The van der Waals surface area contributed by atoms with E-state index in [2.05, 4.69) is 17.4 Å². The summed E-state index contributed by atoms with van der Waals surface area (Å²) in [4.78, 5) is 29.5. The Morgan fingerprint density at radius 3 is 2.39 bits per heavy atom. The van der Waals surface area contributed by atoms with E-state index >= 15 is 0 Å². The number of methoxy groups -OCH3 is 2. The molecular weight excluding hydrogens is 418 g/mol. The molecule has 7 heteroatoms. The molecule has 178 valence electrons. The number of anilines is 1. The molecule has 7 nitrogen and oxygen atoms in total. The van der Waals surface area contributed by atoms with Gasteiger partial charge in [0.15, 0.2) is 0 Å². The number of aryl methyl sites for hydroxylation is 3. The predicted octanol–water partition coefficient (Wildman–Crippen LogP) is 3.86. The van der Waals surface area contributed by atoms with Gasteiger partial charge >= 0.3 is 0 Å². The molecule has 33 heavy (non-hydrogen) atoms. The summed E-state index contributed by atoms with van der Waals surface area (Å²) in [5.74, 6) is 1.35. The Morgan fingerprint density at radius 2 is 1.76 bits per heavy atom. The van der Waals surface area contributed by atoms with E-state index < -0.39 is 0 Å². The molecule has 1 N–H and O–H groups in total. The lowest BCUT2D eigenvalue weighted by Crippen LogP contribution is -2.41. The number of rotatable bonds is 8. The molecule has 1 fully saturated rings. The van der Waals surface area contributed by atoms with Crippen LogP contribution < -0.4 is 14.8 Å². The van der Waals surface area contributed by atoms with Crippen molar-refractivity contribution in [3.63, 3.8) is 0 Å². The van der Waals surface area contributed by atoms with Crippen LogP contribution in [0.15, 0.2) is 30.3 Å². The first-order valence-electron chi connectivity index (χ1n) is 11.3. The third-order valence-corrected chi connectivity index (χ3v) is 6.13. The van der Waals surface area contributed by atoms with Crippen LogP contribution in [-0.4, -0.2) is 62.5 Å². The highest BCUT2D eigenvalue weighted by atomic mass is 16.5. The van der Waals surface area contributed by atoms with Gasteiger partial charge in [0.25, 0.3) is 0 Å². The first kappa shape index (κ1) is 24.6. The summed E-state index contributed by atoms with van der Waals surface area (Å²) in [6, 6.07) is 9.71. The van der Waals surface area contributed by atoms with Crippen LogP contribution in [0, 0.1) is 20.8 Å². The van der Waals surface area contributed by atoms with Crippen LogP contribution >= 0.6 is 0 Å². The van der Waals surface area contributed by atoms with Crippen molar-refractivity contribution in [2.75, 3.05) is 46.2 Å². The van der Waals surface area contributed by atoms with Crippen molar-refractivity contribution >= 4 is 17.5 Å². The van der Waals surface area contributed by atoms with Gasteiger partial charge in [-0.25, -0.2) is 0 Å². The van der Waals surface area contributed by atoms with Crippen LogP contribution in [0.4, 0.5) is 5.69 Å². The molecule has 1 aliphatic heterocycles. The van der Waals surface area contributed by atoms with Gasteiger partial charge in [-0.05, 0) is 70.0 Å². The molecular formula is C26H35N3O4. The van der Waals surface area contributed by atoms with Crippen LogP contribution in [0.2, 0.25) is 0 Å². The lowest BCUT2D eigenvalue weighted by molar-refractivity contribution is -0.133. The van der Waals surface area contributed by atoms with E-state index in [1.165, 1.54) is 5.56 Å². The Hall–Kier alpha value is -3.06. The van der Waals surface area contributed by atoms with Gasteiger partial charge in [0, 0.05) is 17.8 Å². The minimum atomic E-state index is -0.132. The van der Waals surface area contributed by atoms with Gasteiger partial charge in [0.05, 0.1) is 33.4 Å². The Kier molecular flexibility index (Phi) is 7.97. The molecule has 2 amide bonds. The van der Waals surface area contributed by atoms with Gasteiger partial charge < -0.3 is 19.7 Å². The number of carbonyl (C=O) groups is 2. The van der Waals surface area contributed by atoms with E-state index in [0.29, 0.717) is 6.54 Å². The Morgan fingerprint density at radius 1 is 1.06 bits per heavy atom. The highest BCUT2D eigenvalue weighted by Crippen LogP contribution is 2.39. The second-order valence-electron chi connectivity index (χ2n) is 8.85. The zero-order chi connectivity index (χ0) is 24.1. The number of hydrogen-bond donors (Lipinski definition) is 1. The lowest BCUT2D eigenvalue weighted by atomic mass is 10.0. The maximum Gasteiger partial charge on any atom is 0.238 e. The quantitative estimate of drug-likeness (QED) is 0.657. The predicted molar refractivity (Wildman–Crippen MR) is 130 cm³/mol. The van der Waals surface area contributed by atoms with Crippen molar-refractivity contribution in [3.05, 3.63) is 52.6 Å². The maximum atomic E-state index is 13.2. The number of carbonyl (C=O) groups excluding carboxylic acids is 2. The van der Waals surface area contributed by atoms with E-state index in [4.69, 9.17) is 9.47 Å². The summed E-state index contributed by atoms with van der Waals surface area (Å²) in [6.45, 7) is 7.01. The molecule has 0 aliphatic carbocycles. The fourth-order valence-electron chi connectivity index (χ4n) is 4.67. The maximum absolute atomic E-state index is 13.2. The van der Waals surface area contributed by atoms with Crippen molar-refractivity contribution in [2.24, 2.45) is 0 Å². The molecule has 0 aromatic heterocycles. The molecule has 0 radical (unpaired) electrons. The van der Waals surface area contributed by atoms with Crippen molar-refractivity contribution in [1.29, 1.82) is 0 Å². The fourth-order valence-corrected chi connectivity index (χ4v) is 4.67. The standard InChI is InChI=1S/C26H35N3O4/c1-17-12-18(2)26(19(3)13-17)27-24(30)15-28(4)16-25(31)29-11-7-8-22(29)21-14-20(32-5)9-10-23(21)33-6/h9-10,12-14,22H,7-8,11,15-16H2,1-6H3,(H,27,30)/t22-/m0/s1. The molecule has 0 spiro atoms. The van der Waals surface area contributed by atoms with E-state index in [1.54, 1.807) is 26.2 Å². The van der Waals surface area contributed by atoms with Crippen LogP contribution in [-0.2, 0) is 9.59 Å². The third kappa shape index (κ3) is 5.85. The Balaban J connectivity index is 1.64. The van der Waals surface area contributed by atoms with Crippen molar-refractivity contribution < 1.29 is 19.1 Å². The van der Waals surface area contributed by atoms with Crippen LogP contribution in [0.3, 0.4) is 0 Å². The van der Waals surface area contributed by atoms with E-state index in [9.17, 15) is 9.59 Å². The molecule has 1 saturated heterocycles. The highest BCUT2D eigenvalue weighted by molar-refractivity contribution is 5.94. The summed E-state index contributed by atoms with van der Waals surface area (Å²) in [6.07, 6.45) is 1.79. The molecule has 0 saturated carbocycles. The summed E-state index contributed by atoms with van der Waals surface area (Å²) in [7, 11) is 5.06. The number of amides is 2. The second-order valence-corrected chi connectivity index (χ2v) is 8.85. The number of benzene rings is 2. The fraction of sp³-hybridized carbons (Fsp3) is 0.462. The molecule has 0 bridgehead atoms. The van der Waals surface area contributed by atoms with Crippen molar-refractivity contribution in [1.82, 2.24) is 9.80 Å². The van der Waals surface area contributed by atoms with Gasteiger partial charge in [-0.2, -0.15) is 0 Å². The number of likely N-dealkylation sites (tertiary alicyclic amines) is 1. The average Bonchev–Trinajstić information content (AvgIpc) is 3.25. The van der Waals surface area contributed by atoms with Gasteiger partial charge in [0.2, 0.25) is 11.8 Å². The third-order valence-electron chi connectivity index (χ3n) is 6.13. The molecule has 1 heterocycles. The Bertz CT molecular complexity index is 998. The number of nitrogens with one attached hydrogen (secondary N) is 1. The summed E-state index contributed by atoms with van der Waals surface area (Å²) < 4.78 is 10.9. The van der Waals surface area contributed by atoms with E-state index in [1.807, 2.05) is 43.9 Å². The smallest absolute Gasteiger partial charge is 0.238 e. The molecule has 2 aromatic rings. The second kappa shape index (κ2) is 10.7. The first-order valence-corrected chi connectivity index (χ1v) is 11.3. The number of ether oxygens (including phenoxy) is 2. The average molecular weight is 454 g/mol. The molecule has 1 atom stereocenters. The normalized spacial score (nSPS) is 15.6. The molecule has 0 unspecified atom stereocenters. The first-order chi connectivity index (χ1) is 15.7. The van der Waals surface area contributed by atoms with E-state index in [0.717, 1.165) is 46.7 Å². The van der Waals surface area contributed by atoms with Gasteiger partial charge in [0.1, 0.15) is 11.5 Å². The number of likely N-dealkylation sites (N-methyl/N-ethyl adjacent to an activating group) is 1. The Labute approximate surface area is 196 Å². The van der Waals surface area contributed by atoms with Crippen molar-refractivity contribution in [2.45, 2.75) is 39.7 Å². The van der Waals surface area contributed by atoms with Crippen LogP contribution in [0.25, 0.3) is 0 Å². The largest absolute Gasteiger partial charge is 0.497 e. The zero-order valence-electron chi connectivity index (χ0n) is 20.5. The summed E-state index contributed by atoms with van der Waals surface area (Å²) in [5, 5.41) is 3.01. The zero-order valence-corrected chi connectivity index (χ0v) is 20.5. The molecule has 2 aromatic carbocycles. The minimum Gasteiger partial charge on any atom is -0.497 e. The van der Waals surface area contributed by atoms with E-state index in [-0.39, 0.29) is 30.9 Å². The monoisotopic (exact) mass is 453 g/mol. The van der Waals surface area contributed by atoms with Gasteiger partial charge in [-0.3, -0.25) is 14.5 Å². The van der Waals surface area contributed by atoms with Crippen LogP contribution in [0.1, 0.15) is 41.1 Å². The topological polar surface area (TPSA) is 71.1 Å². The highest BCUT2D eigenvalue weighted by Gasteiger charge is 2.32. The van der Waals surface area contributed by atoms with Crippen LogP contribution in [0.5, 0.6) is 11.5 Å². The SMILES string of the molecule is COc1ccc(OC)c([C@@H]2CCCN2C(=O)CN(C)CC(=O)Nc2c(C)cc(C)cc2C)c1. The van der Waals surface area contributed by atoms with Crippen molar-refractivity contribution in [3.8, 4) is 11.5 Å². The number of nitrogens with zero attached hydrogens (tertiary/aromatic N) is 2. The molecule has 1 aliphatic rings. The van der Waals surface area contributed by atoms with Gasteiger partial charge in [-0.15, -0.1) is 0 Å². The van der Waals surface area contributed by atoms with Gasteiger partial charge in [-0.1, -0.05) is 17.7 Å².